The van der Waals surface area contributed by atoms with Crippen LogP contribution in [-0.4, -0.2) is 11.1 Å². The highest BCUT2D eigenvalue weighted by molar-refractivity contribution is 5.84. The van der Waals surface area contributed by atoms with Gasteiger partial charge in [0.25, 0.3) is 0 Å². The molecule has 8 aromatic rings. The Labute approximate surface area is 399 Å². The SMILES string of the molecule is C=C(C)C(=O)O.CC(c1ccccc1)c1cc(C(C)c2ccccc2)c(Oc2c(C(C)c3ccccc3)cc(C(C)c3ccccc3)cc2C(C)c2ccccc2)c(C(C)c2ccccc2)c1. The third-order valence-electron chi connectivity index (χ3n) is 13.6. The minimum absolute atomic E-state index is 0.0585. The number of aliphatic carboxylic acids is 1. The Bertz CT molecular complexity index is 2510. The van der Waals surface area contributed by atoms with E-state index in [2.05, 4.69) is 254 Å². The van der Waals surface area contributed by atoms with Crippen molar-refractivity contribution >= 4 is 5.97 Å². The number of carboxylic acids is 1. The molecule has 0 spiro atoms. The van der Waals surface area contributed by atoms with Crippen molar-refractivity contribution < 1.29 is 14.6 Å². The second-order valence-electron chi connectivity index (χ2n) is 18.0. The Morgan fingerprint density at radius 1 is 0.358 bits per heavy atom. The van der Waals surface area contributed by atoms with Gasteiger partial charge in [0.15, 0.2) is 0 Å². The van der Waals surface area contributed by atoms with Crippen LogP contribution >= 0.6 is 0 Å². The summed E-state index contributed by atoms with van der Waals surface area (Å²) in [6.45, 7) is 18.7. The van der Waals surface area contributed by atoms with Gasteiger partial charge in [-0.3, -0.25) is 0 Å². The van der Waals surface area contributed by atoms with Crippen molar-refractivity contribution in [1.29, 1.82) is 0 Å². The molecule has 0 saturated heterocycles. The number of hydrogen-bond donors (Lipinski definition) is 1. The average Bonchev–Trinajstić information content (AvgIpc) is 3.39. The molecule has 0 fully saturated rings. The van der Waals surface area contributed by atoms with Gasteiger partial charge in [-0.05, 0) is 51.4 Å². The van der Waals surface area contributed by atoms with Crippen molar-refractivity contribution in [2.24, 2.45) is 0 Å². The minimum atomic E-state index is -0.935. The molecule has 8 aromatic carbocycles. The summed E-state index contributed by atoms with van der Waals surface area (Å²) < 4.78 is 7.95. The van der Waals surface area contributed by atoms with E-state index >= 15 is 0 Å². The number of hydrogen-bond acceptors (Lipinski definition) is 2. The molecule has 0 heterocycles. The van der Waals surface area contributed by atoms with Crippen LogP contribution in [0.4, 0.5) is 0 Å². The molecule has 0 aliphatic heterocycles. The van der Waals surface area contributed by atoms with Gasteiger partial charge in [-0.2, -0.15) is 0 Å². The lowest BCUT2D eigenvalue weighted by Gasteiger charge is -2.30. The zero-order valence-electron chi connectivity index (χ0n) is 40.1. The van der Waals surface area contributed by atoms with Gasteiger partial charge in [-0.15, -0.1) is 0 Å². The molecular weight excluding hydrogens is 817 g/mol. The van der Waals surface area contributed by atoms with Crippen LogP contribution < -0.4 is 4.74 Å². The van der Waals surface area contributed by atoms with Gasteiger partial charge in [0.2, 0.25) is 0 Å². The van der Waals surface area contributed by atoms with E-state index < -0.39 is 5.97 Å². The van der Waals surface area contributed by atoms with E-state index in [1.807, 2.05) is 0 Å². The monoisotopic (exact) mass is 880 g/mol. The Morgan fingerprint density at radius 2 is 0.537 bits per heavy atom. The predicted molar refractivity (Wildman–Crippen MR) is 279 cm³/mol. The van der Waals surface area contributed by atoms with Gasteiger partial charge in [0.05, 0.1) is 0 Å². The lowest BCUT2D eigenvalue weighted by atomic mass is 9.80. The first-order valence-corrected chi connectivity index (χ1v) is 23.6. The van der Waals surface area contributed by atoms with Crippen molar-refractivity contribution in [3.8, 4) is 11.5 Å². The molecule has 0 saturated carbocycles. The van der Waals surface area contributed by atoms with Crippen LogP contribution in [-0.2, 0) is 4.79 Å². The summed E-state index contributed by atoms with van der Waals surface area (Å²) in [7, 11) is 0. The Hall–Kier alpha value is -7.23. The van der Waals surface area contributed by atoms with E-state index in [1.54, 1.807) is 0 Å². The first-order valence-electron chi connectivity index (χ1n) is 23.6. The van der Waals surface area contributed by atoms with Crippen molar-refractivity contribution in [1.82, 2.24) is 0 Å². The van der Waals surface area contributed by atoms with Crippen LogP contribution in [0.3, 0.4) is 0 Å². The summed E-state index contributed by atoms with van der Waals surface area (Å²) in [5.74, 6) is 1.56. The normalized spacial score (nSPS) is 13.7. The van der Waals surface area contributed by atoms with Crippen LogP contribution in [0.1, 0.15) is 151 Å². The van der Waals surface area contributed by atoms with Crippen molar-refractivity contribution in [2.75, 3.05) is 0 Å². The van der Waals surface area contributed by atoms with E-state index in [0.717, 1.165) is 11.5 Å². The molecule has 8 rings (SSSR count). The van der Waals surface area contributed by atoms with Crippen LogP contribution in [0.25, 0.3) is 0 Å². The lowest BCUT2D eigenvalue weighted by molar-refractivity contribution is -0.132. The van der Waals surface area contributed by atoms with Crippen LogP contribution in [0.5, 0.6) is 11.5 Å². The lowest BCUT2D eigenvalue weighted by Crippen LogP contribution is -2.12. The Balaban J connectivity index is 0.00000104. The molecule has 6 unspecified atom stereocenters. The largest absolute Gasteiger partial charge is 0.478 e. The van der Waals surface area contributed by atoms with E-state index in [0.29, 0.717) is 0 Å². The molecule has 0 bridgehead atoms. The van der Waals surface area contributed by atoms with E-state index in [9.17, 15) is 4.79 Å². The van der Waals surface area contributed by atoms with Crippen LogP contribution in [0, 0.1) is 0 Å². The molecule has 0 aliphatic carbocycles. The fourth-order valence-corrected chi connectivity index (χ4v) is 9.07. The van der Waals surface area contributed by atoms with E-state index in [1.165, 1.54) is 73.7 Å². The molecule has 3 nitrogen and oxygen atoms in total. The molecule has 6 atom stereocenters. The smallest absolute Gasteiger partial charge is 0.330 e. The molecule has 67 heavy (non-hydrogen) atoms. The summed E-state index contributed by atoms with van der Waals surface area (Å²) in [6.07, 6.45) is 0. The maximum Gasteiger partial charge on any atom is 0.330 e. The highest BCUT2D eigenvalue weighted by Crippen LogP contribution is 2.49. The molecule has 3 heteroatoms. The average molecular weight is 881 g/mol. The summed E-state index contributed by atoms with van der Waals surface area (Å²) >= 11 is 0. The molecule has 0 aliphatic rings. The summed E-state index contributed by atoms with van der Waals surface area (Å²) in [6, 6.07) is 75.3. The van der Waals surface area contributed by atoms with Crippen molar-refractivity contribution in [2.45, 2.75) is 84.0 Å². The number of rotatable bonds is 15. The number of carboxylic acid groups (broad SMARTS) is 1. The van der Waals surface area contributed by atoms with Gasteiger partial charge in [0.1, 0.15) is 11.5 Å². The van der Waals surface area contributed by atoms with Crippen LogP contribution in [0.2, 0.25) is 0 Å². The molecule has 338 valence electrons. The standard InChI is InChI=1S/C60H58O.C4H6O2/c1-41(47-25-13-7-14-26-47)53-37-55(43(3)49-29-17-9-18-30-49)59(56(38-53)44(4)50-31-19-10-20-32-50)61-60-57(45(5)51-33-21-11-22-34-51)39-54(42(2)48-27-15-8-16-28-48)40-58(60)46(6)52-35-23-12-24-36-52;1-3(2)4(5)6/h7-46H,1-6H3;1H2,2H3,(H,5,6). The molecule has 0 amide bonds. The second kappa shape index (κ2) is 22.3. The Kier molecular flexibility index (Phi) is 15.9. The van der Waals surface area contributed by atoms with Crippen LogP contribution in [0.15, 0.2) is 218 Å². The molecule has 1 N–H and O–H groups in total. The first-order chi connectivity index (χ1) is 32.4. The van der Waals surface area contributed by atoms with Gasteiger partial charge < -0.3 is 9.84 Å². The van der Waals surface area contributed by atoms with Gasteiger partial charge in [-0.1, -0.05) is 254 Å². The predicted octanol–water partition coefficient (Wildman–Crippen LogP) is 17.0. The van der Waals surface area contributed by atoms with Gasteiger partial charge in [-0.25, -0.2) is 4.79 Å². The molecule has 0 radical (unpaired) electrons. The number of benzene rings is 8. The van der Waals surface area contributed by atoms with Crippen molar-refractivity contribution in [3.05, 3.63) is 285 Å². The minimum Gasteiger partial charge on any atom is -0.478 e. The van der Waals surface area contributed by atoms with Gasteiger partial charge >= 0.3 is 5.97 Å². The maximum atomic E-state index is 9.60. The second-order valence-corrected chi connectivity index (χ2v) is 18.0. The quantitative estimate of drug-likeness (QED) is 0.104. The molecule has 0 aromatic heterocycles. The summed E-state index contributed by atoms with van der Waals surface area (Å²) in [4.78, 5) is 9.60. The number of carbonyl (C=O) groups is 1. The van der Waals surface area contributed by atoms with Gasteiger partial charge in [0, 0.05) is 63.3 Å². The fraction of sp³-hybridized carbons (Fsp3) is 0.203. The fourth-order valence-electron chi connectivity index (χ4n) is 9.07. The third-order valence-corrected chi connectivity index (χ3v) is 13.6. The highest BCUT2D eigenvalue weighted by atomic mass is 16.5. The summed E-state index contributed by atoms with van der Waals surface area (Å²) in [5.41, 5.74) is 15.2. The Morgan fingerprint density at radius 3 is 0.716 bits per heavy atom. The topological polar surface area (TPSA) is 46.5 Å². The molecular formula is C64H64O3. The zero-order chi connectivity index (χ0) is 47.5. The zero-order valence-corrected chi connectivity index (χ0v) is 40.1. The third kappa shape index (κ3) is 11.4. The van der Waals surface area contributed by atoms with E-state index in [-0.39, 0.29) is 41.1 Å². The number of ether oxygens (including phenoxy) is 1. The van der Waals surface area contributed by atoms with E-state index in [4.69, 9.17) is 9.84 Å². The van der Waals surface area contributed by atoms with Crippen molar-refractivity contribution in [3.63, 3.8) is 0 Å². The first kappa shape index (κ1) is 47.7. The maximum absolute atomic E-state index is 9.60. The summed E-state index contributed by atoms with van der Waals surface area (Å²) in [5, 5.41) is 7.89. The highest BCUT2D eigenvalue weighted by Gasteiger charge is 2.30.